The maximum atomic E-state index is 11.7. The molecular formula is C14H16Cl2N2O4. The van der Waals surface area contributed by atoms with Gasteiger partial charge in [-0.3, -0.25) is 14.4 Å². The first-order valence-corrected chi connectivity index (χ1v) is 7.12. The SMILES string of the molecule is CN(C)C(=O)CNC(=O)COC(=O)Cc1c(Cl)cccc1Cl. The first-order chi connectivity index (χ1) is 10.3. The van der Waals surface area contributed by atoms with E-state index >= 15 is 0 Å². The fourth-order valence-corrected chi connectivity index (χ4v) is 1.96. The highest BCUT2D eigenvalue weighted by molar-refractivity contribution is 6.36. The van der Waals surface area contributed by atoms with E-state index in [1.165, 1.54) is 4.90 Å². The Kier molecular flexibility index (Phi) is 7.14. The maximum absolute atomic E-state index is 11.7. The molecule has 0 bridgehead atoms. The molecule has 0 heterocycles. The minimum atomic E-state index is -0.635. The number of carbonyl (C=O) groups excluding carboxylic acids is 3. The van der Waals surface area contributed by atoms with Crippen LogP contribution in [0.1, 0.15) is 5.56 Å². The Hall–Kier alpha value is -1.79. The number of rotatable bonds is 6. The van der Waals surface area contributed by atoms with Gasteiger partial charge in [0, 0.05) is 29.7 Å². The average Bonchev–Trinajstić information content (AvgIpc) is 2.46. The highest BCUT2D eigenvalue weighted by Gasteiger charge is 2.14. The molecule has 0 spiro atoms. The van der Waals surface area contributed by atoms with E-state index < -0.39 is 18.5 Å². The number of benzene rings is 1. The van der Waals surface area contributed by atoms with Crippen molar-refractivity contribution in [1.82, 2.24) is 10.2 Å². The quantitative estimate of drug-likeness (QED) is 0.787. The molecule has 1 aromatic carbocycles. The van der Waals surface area contributed by atoms with Crippen molar-refractivity contribution in [3.8, 4) is 0 Å². The van der Waals surface area contributed by atoms with Crippen LogP contribution >= 0.6 is 23.2 Å². The Morgan fingerprint density at radius 2 is 1.77 bits per heavy atom. The minimum absolute atomic E-state index is 0.136. The number of esters is 1. The predicted molar refractivity (Wildman–Crippen MR) is 82.8 cm³/mol. The van der Waals surface area contributed by atoms with Gasteiger partial charge in [0.25, 0.3) is 5.91 Å². The summed E-state index contributed by atoms with van der Waals surface area (Å²) in [6.45, 7) is -0.624. The summed E-state index contributed by atoms with van der Waals surface area (Å²) in [5, 5.41) is 3.05. The van der Waals surface area contributed by atoms with Crippen molar-refractivity contribution in [1.29, 1.82) is 0 Å². The third-order valence-corrected chi connectivity index (χ3v) is 3.39. The monoisotopic (exact) mass is 346 g/mol. The molecule has 0 atom stereocenters. The van der Waals surface area contributed by atoms with Crippen molar-refractivity contribution in [2.75, 3.05) is 27.2 Å². The molecule has 1 N–H and O–H groups in total. The second-order valence-corrected chi connectivity index (χ2v) is 5.42. The topological polar surface area (TPSA) is 75.7 Å². The lowest BCUT2D eigenvalue weighted by Crippen LogP contribution is -2.38. The van der Waals surface area contributed by atoms with E-state index in [0.29, 0.717) is 15.6 Å². The Bertz CT molecular complexity index is 556. The molecule has 0 radical (unpaired) electrons. The van der Waals surface area contributed by atoms with Crippen LogP contribution in [0, 0.1) is 0 Å². The Labute approximate surface area is 138 Å². The lowest BCUT2D eigenvalue weighted by atomic mass is 10.1. The first-order valence-electron chi connectivity index (χ1n) is 6.36. The summed E-state index contributed by atoms with van der Waals surface area (Å²) < 4.78 is 4.82. The average molecular weight is 347 g/mol. The molecule has 1 rings (SSSR count). The lowest BCUT2D eigenvalue weighted by molar-refractivity contribution is -0.148. The molecule has 22 heavy (non-hydrogen) atoms. The molecule has 2 amide bonds. The molecule has 0 aromatic heterocycles. The van der Waals surface area contributed by atoms with Gasteiger partial charge < -0.3 is 15.0 Å². The van der Waals surface area contributed by atoms with Crippen molar-refractivity contribution >= 4 is 41.0 Å². The summed E-state index contributed by atoms with van der Waals surface area (Å²) in [6.07, 6.45) is -0.136. The number of halogens is 2. The Morgan fingerprint density at radius 3 is 2.32 bits per heavy atom. The van der Waals surface area contributed by atoms with Gasteiger partial charge in [0.2, 0.25) is 5.91 Å². The summed E-state index contributed by atoms with van der Waals surface area (Å²) in [6, 6.07) is 4.87. The molecule has 1 aromatic rings. The second kappa shape index (κ2) is 8.60. The van der Waals surface area contributed by atoms with Crippen LogP contribution in [0.4, 0.5) is 0 Å². The number of ether oxygens (including phenoxy) is 1. The number of hydrogen-bond acceptors (Lipinski definition) is 4. The zero-order chi connectivity index (χ0) is 16.7. The van der Waals surface area contributed by atoms with Crippen LogP contribution in [-0.4, -0.2) is 49.9 Å². The Balaban J connectivity index is 2.40. The van der Waals surface area contributed by atoms with Gasteiger partial charge in [-0.1, -0.05) is 29.3 Å². The maximum Gasteiger partial charge on any atom is 0.310 e. The fourth-order valence-electron chi connectivity index (χ4n) is 1.43. The molecule has 0 aliphatic rings. The number of likely N-dealkylation sites (N-methyl/N-ethyl adjacent to an activating group) is 1. The van der Waals surface area contributed by atoms with Gasteiger partial charge in [-0.05, 0) is 12.1 Å². The highest BCUT2D eigenvalue weighted by Crippen LogP contribution is 2.24. The van der Waals surface area contributed by atoms with E-state index in [-0.39, 0.29) is 18.9 Å². The number of nitrogens with one attached hydrogen (secondary N) is 1. The number of hydrogen-bond donors (Lipinski definition) is 1. The van der Waals surface area contributed by atoms with E-state index in [1.807, 2.05) is 0 Å². The van der Waals surface area contributed by atoms with Gasteiger partial charge in [-0.2, -0.15) is 0 Å². The van der Waals surface area contributed by atoms with Gasteiger partial charge in [-0.25, -0.2) is 0 Å². The van der Waals surface area contributed by atoms with E-state index in [4.69, 9.17) is 27.9 Å². The van der Waals surface area contributed by atoms with Crippen LogP contribution in [0.2, 0.25) is 10.0 Å². The van der Waals surface area contributed by atoms with Crippen molar-refractivity contribution in [2.24, 2.45) is 0 Å². The van der Waals surface area contributed by atoms with E-state index in [0.717, 1.165) is 0 Å². The highest BCUT2D eigenvalue weighted by atomic mass is 35.5. The summed E-state index contributed by atoms with van der Waals surface area (Å²) in [7, 11) is 3.14. The molecule has 120 valence electrons. The van der Waals surface area contributed by atoms with Crippen LogP contribution in [0.3, 0.4) is 0 Å². The number of carbonyl (C=O) groups is 3. The van der Waals surface area contributed by atoms with Gasteiger partial charge in [0.05, 0.1) is 13.0 Å². The van der Waals surface area contributed by atoms with E-state index in [1.54, 1.807) is 32.3 Å². The van der Waals surface area contributed by atoms with Crippen LogP contribution < -0.4 is 5.32 Å². The zero-order valence-electron chi connectivity index (χ0n) is 12.2. The van der Waals surface area contributed by atoms with Crippen LogP contribution in [0.25, 0.3) is 0 Å². The second-order valence-electron chi connectivity index (χ2n) is 4.60. The van der Waals surface area contributed by atoms with Crippen LogP contribution in [0.15, 0.2) is 18.2 Å². The molecule has 0 unspecified atom stereocenters. The molecule has 0 saturated heterocycles. The van der Waals surface area contributed by atoms with Crippen molar-refractivity contribution in [2.45, 2.75) is 6.42 Å². The Morgan fingerprint density at radius 1 is 1.18 bits per heavy atom. The molecular weight excluding hydrogens is 331 g/mol. The molecule has 0 fully saturated rings. The van der Waals surface area contributed by atoms with E-state index in [2.05, 4.69) is 5.32 Å². The third-order valence-electron chi connectivity index (χ3n) is 2.68. The summed E-state index contributed by atoms with van der Waals surface area (Å²) in [5.74, 6) is -1.46. The van der Waals surface area contributed by atoms with Crippen LogP contribution in [-0.2, 0) is 25.5 Å². The van der Waals surface area contributed by atoms with Crippen LogP contribution in [0.5, 0.6) is 0 Å². The molecule has 8 heteroatoms. The molecule has 0 aliphatic heterocycles. The number of amides is 2. The van der Waals surface area contributed by atoms with Gasteiger partial charge in [-0.15, -0.1) is 0 Å². The fraction of sp³-hybridized carbons (Fsp3) is 0.357. The van der Waals surface area contributed by atoms with Gasteiger partial charge in [0.1, 0.15) is 0 Å². The number of nitrogens with zero attached hydrogens (tertiary/aromatic N) is 1. The van der Waals surface area contributed by atoms with Crippen molar-refractivity contribution < 1.29 is 19.1 Å². The molecule has 0 saturated carbocycles. The normalized spacial score (nSPS) is 10.0. The first kappa shape index (κ1) is 18.3. The molecule has 0 aliphatic carbocycles. The summed E-state index contributed by atoms with van der Waals surface area (Å²) in [5.41, 5.74) is 0.444. The van der Waals surface area contributed by atoms with Crippen molar-refractivity contribution in [3.05, 3.63) is 33.8 Å². The van der Waals surface area contributed by atoms with E-state index in [9.17, 15) is 14.4 Å². The molecule has 6 nitrogen and oxygen atoms in total. The third kappa shape index (κ3) is 5.91. The summed E-state index contributed by atoms with van der Waals surface area (Å²) in [4.78, 5) is 35.7. The summed E-state index contributed by atoms with van der Waals surface area (Å²) >= 11 is 11.9. The van der Waals surface area contributed by atoms with Gasteiger partial charge >= 0.3 is 5.97 Å². The smallest absolute Gasteiger partial charge is 0.310 e. The standard InChI is InChI=1S/C14H16Cl2N2O4/c1-18(2)13(20)7-17-12(19)8-22-14(21)6-9-10(15)4-3-5-11(9)16/h3-5H,6-8H2,1-2H3,(H,17,19). The minimum Gasteiger partial charge on any atom is -0.455 e. The van der Waals surface area contributed by atoms with Gasteiger partial charge in [0.15, 0.2) is 6.61 Å². The lowest BCUT2D eigenvalue weighted by Gasteiger charge is -2.11. The largest absolute Gasteiger partial charge is 0.455 e. The van der Waals surface area contributed by atoms with Crippen molar-refractivity contribution in [3.63, 3.8) is 0 Å². The zero-order valence-corrected chi connectivity index (χ0v) is 13.7. The predicted octanol–water partition coefficient (Wildman–Crippen LogP) is 1.28.